The van der Waals surface area contributed by atoms with E-state index in [1.165, 1.54) is 18.2 Å². The van der Waals surface area contributed by atoms with Crippen molar-refractivity contribution in [3.05, 3.63) is 75.5 Å². The topological polar surface area (TPSA) is 116 Å². The fourth-order valence-electron chi connectivity index (χ4n) is 2.54. The molecule has 0 heterocycles. The second-order valence-corrected chi connectivity index (χ2v) is 5.46. The number of carbonyl (C=O) groups excluding carboxylic acids is 3. The van der Waals surface area contributed by atoms with E-state index < -0.39 is 22.4 Å². The van der Waals surface area contributed by atoms with Gasteiger partial charge in [-0.25, -0.2) is 0 Å². The summed E-state index contributed by atoms with van der Waals surface area (Å²) in [5, 5.41) is 13.9. The van der Waals surface area contributed by atoms with Crippen molar-refractivity contribution in [1.82, 2.24) is 0 Å². The number of ketones is 2. The van der Waals surface area contributed by atoms with Gasteiger partial charge in [-0.2, -0.15) is 0 Å². The van der Waals surface area contributed by atoms with Crippen LogP contribution < -0.4 is 10.1 Å². The fourth-order valence-corrected chi connectivity index (χ4v) is 2.54. The van der Waals surface area contributed by atoms with E-state index in [2.05, 4.69) is 5.32 Å². The lowest BCUT2D eigenvalue weighted by Gasteiger charge is -2.16. The van der Waals surface area contributed by atoms with Crippen LogP contribution in [0.4, 0.5) is 11.4 Å². The smallest absolute Gasteiger partial charge is 0.313 e. The maximum absolute atomic E-state index is 12.5. The van der Waals surface area contributed by atoms with Gasteiger partial charge >= 0.3 is 11.7 Å². The number of ether oxygens (including phenoxy) is 1. The Bertz CT molecular complexity index is 993. The number of benzene rings is 2. The van der Waals surface area contributed by atoms with Crippen molar-refractivity contribution in [3.8, 4) is 5.75 Å². The fraction of sp³-hybridized carbons (Fsp3) is 0.0556. The van der Waals surface area contributed by atoms with E-state index in [-0.39, 0.29) is 28.5 Å². The monoisotopic (exact) mass is 352 g/mol. The van der Waals surface area contributed by atoms with Crippen LogP contribution in [0, 0.1) is 10.1 Å². The summed E-state index contributed by atoms with van der Waals surface area (Å²) >= 11 is 0. The van der Waals surface area contributed by atoms with Crippen molar-refractivity contribution in [2.75, 3.05) is 5.32 Å². The highest BCUT2D eigenvalue weighted by atomic mass is 16.6. The minimum Gasteiger partial charge on any atom is -0.419 e. The van der Waals surface area contributed by atoms with Gasteiger partial charge in [0.25, 0.3) is 0 Å². The molecule has 8 heteroatoms. The average Bonchev–Trinajstić information content (AvgIpc) is 2.60. The molecule has 0 aliphatic heterocycles. The number of esters is 1. The summed E-state index contributed by atoms with van der Waals surface area (Å²) in [5.41, 5.74) is 0.330. The van der Waals surface area contributed by atoms with Crippen LogP contribution in [0.2, 0.25) is 0 Å². The van der Waals surface area contributed by atoms with Crippen molar-refractivity contribution in [1.29, 1.82) is 0 Å². The van der Waals surface area contributed by atoms with Gasteiger partial charge in [0, 0.05) is 35.9 Å². The number of hydrogen-bond donors (Lipinski definition) is 1. The molecular formula is C18H12N2O6. The van der Waals surface area contributed by atoms with Crippen LogP contribution >= 0.6 is 0 Å². The molecule has 0 amide bonds. The lowest BCUT2D eigenvalue weighted by molar-refractivity contribution is -0.385. The average molecular weight is 352 g/mol. The Hall–Kier alpha value is -3.81. The van der Waals surface area contributed by atoms with Crippen LogP contribution in [0.15, 0.2) is 54.2 Å². The minimum absolute atomic E-state index is 0.00299. The molecular weight excluding hydrogens is 340 g/mol. The molecule has 0 saturated carbocycles. The zero-order chi connectivity index (χ0) is 18.8. The summed E-state index contributed by atoms with van der Waals surface area (Å²) in [7, 11) is 0. The number of fused-ring (bicyclic) bond motifs is 1. The molecule has 0 bridgehead atoms. The number of nitro benzene ring substituents is 1. The van der Waals surface area contributed by atoms with E-state index in [4.69, 9.17) is 4.74 Å². The van der Waals surface area contributed by atoms with Gasteiger partial charge in [-0.3, -0.25) is 24.5 Å². The Morgan fingerprint density at radius 1 is 1.12 bits per heavy atom. The van der Waals surface area contributed by atoms with Crippen LogP contribution in [0.1, 0.15) is 27.6 Å². The minimum atomic E-state index is -0.707. The van der Waals surface area contributed by atoms with Gasteiger partial charge in [0.2, 0.25) is 11.5 Å². The number of anilines is 1. The Balaban J connectivity index is 1.93. The third-order valence-electron chi connectivity index (χ3n) is 3.65. The number of hydrogen-bond acceptors (Lipinski definition) is 7. The van der Waals surface area contributed by atoms with E-state index in [1.807, 2.05) is 0 Å². The van der Waals surface area contributed by atoms with Crippen LogP contribution in [-0.4, -0.2) is 22.5 Å². The number of allylic oxidation sites excluding steroid dienone is 2. The first-order valence-corrected chi connectivity index (χ1v) is 7.50. The molecule has 0 saturated heterocycles. The van der Waals surface area contributed by atoms with Crippen LogP contribution in [0.3, 0.4) is 0 Å². The Labute approximate surface area is 147 Å². The molecule has 0 fully saturated rings. The van der Waals surface area contributed by atoms with Crippen LogP contribution in [0.25, 0.3) is 0 Å². The first-order chi connectivity index (χ1) is 12.4. The van der Waals surface area contributed by atoms with E-state index in [0.717, 1.165) is 19.1 Å². The number of rotatable bonds is 4. The standard InChI is InChI=1S/C18H12N2O6/c1-10(21)26-17-7-6-11(8-15(17)20(24)25)19-14-9-16(22)12-4-2-3-5-13(12)18(14)23/h2-9,19H,1H3. The zero-order valence-corrected chi connectivity index (χ0v) is 13.5. The predicted molar refractivity (Wildman–Crippen MR) is 91.2 cm³/mol. The van der Waals surface area contributed by atoms with Crippen molar-refractivity contribution < 1.29 is 24.0 Å². The molecule has 26 heavy (non-hydrogen) atoms. The van der Waals surface area contributed by atoms with Crippen LogP contribution in [-0.2, 0) is 4.79 Å². The second-order valence-electron chi connectivity index (χ2n) is 5.46. The van der Waals surface area contributed by atoms with Crippen molar-refractivity contribution in [3.63, 3.8) is 0 Å². The molecule has 1 N–H and O–H groups in total. The number of nitro groups is 1. The molecule has 0 atom stereocenters. The molecule has 0 spiro atoms. The summed E-state index contributed by atoms with van der Waals surface area (Å²) in [6.07, 6.45) is 1.15. The highest BCUT2D eigenvalue weighted by Gasteiger charge is 2.26. The molecule has 2 aromatic rings. The SMILES string of the molecule is CC(=O)Oc1ccc(NC2=CC(=O)c3ccccc3C2=O)cc1[N+](=O)[O-]. The first-order valence-electron chi connectivity index (χ1n) is 7.50. The summed E-state index contributed by atoms with van der Waals surface area (Å²) in [4.78, 5) is 46.2. The summed E-state index contributed by atoms with van der Waals surface area (Å²) in [6, 6.07) is 10.2. The molecule has 2 aromatic carbocycles. The number of carbonyl (C=O) groups is 3. The lowest BCUT2D eigenvalue weighted by atomic mass is 9.92. The maximum Gasteiger partial charge on any atom is 0.313 e. The van der Waals surface area contributed by atoms with E-state index in [9.17, 15) is 24.5 Å². The summed E-state index contributed by atoms with van der Waals surface area (Å²) in [6.45, 7) is 1.13. The molecule has 3 rings (SSSR count). The molecule has 8 nitrogen and oxygen atoms in total. The third kappa shape index (κ3) is 3.20. The third-order valence-corrected chi connectivity index (χ3v) is 3.65. The van der Waals surface area contributed by atoms with Crippen molar-refractivity contribution in [2.45, 2.75) is 6.92 Å². The largest absolute Gasteiger partial charge is 0.419 e. The van der Waals surface area contributed by atoms with Gasteiger partial charge in [-0.15, -0.1) is 0 Å². The molecule has 130 valence electrons. The highest BCUT2D eigenvalue weighted by molar-refractivity contribution is 6.25. The highest BCUT2D eigenvalue weighted by Crippen LogP contribution is 2.31. The zero-order valence-electron chi connectivity index (χ0n) is 13.5. The Kier molecular flexibility index (Phi) is 4.32. The van der Waals surface area contributed by atoms with E-state index in [1.54, 1.807) is 18.2 Å². The van der Waals surface area contributed by atoms with Gasteiger partial charge in [0.1, 0.15) is 0 Å². The van der Waals surface area contributed by atoms with Crippen LogP contribution in [0.5, 0.6) is 5.75 Å². The first kappa shape index (κ1) is 17.0. The lowest BCUT2D eigenvalue weighted by Crippen LogP contribution is -2.21. The molecule has 0 aromatic heterocycles. The van der Waals surface area contributed by atoms with Gasteiger partial charge < -0.3 is 10.1 Å². The van der Waals surface area contributed by atoms with Crippen molar-refractivity contribution >= 4 is 28.9 Å². The van der Waals surface area contributed by atoms with Gasteiger partial charge in [0.05, 0.1) is 10.6 Å². The van der Waals surface area contributed by atoms with Gasteiger partial charge in [-0.1, -0.05) is 24.3 Å². The quantitative estimate of drug-likeness (QED) is 0.389. The molecule has 1 aliphatic rings. The second kappa shape index (κ2) is 6.60. The van der Waals surface area contributed by atoms with Gasteiger partial charge in [-0.05, 0) is 12.1 Å². The molecule has 0 radical (unpaired) electrons. The predicted octanol–water partition coefficient (Wildman–Crippen LogP) is 2.90. The summed E-state index contributed by atoms with van der Waals surface area (Å²) in [5.74, 6) is -1.64. The van der Waals surface area contributed by atoms with E-state index >= 15 is 0 Å². The Morgan fingerprint density at radius 3 is 2.46 bits per heavy atom. The maximum atomic E-state index is 12.5. The van der Waals surface area contributed by atoms with Crippen molar-refractivity contribution in [2.24, 2.45) is 0 Å². The Morgan fingerprint density at radius 2 is 1.81 bits per heavy atom. The molecule has 0 unspecified atom stereocenters. The molecule has 1 aliphatic carbocycles. The number of Topliss-reactive ketones (excluding diaryl/α,β-unsaturated/α-hetero) is 1. The number of nitrogens with zero attached hydrogens (tertiary/aromatic N) is 1. The number of nitrogens with one attached hydrogen (secondary N) is 1. The summed E-state index contributed by atoms with van der Waals surface area (Å²) < 4.78 is 4.79. The van der Waals surface area contributed by atoms with Gasteiger partial charge in [0.15, 0.2) is 5.78 Å². The van der Waals surface area contributed by atoms with E-state index in [0.29, 0.717) is 5.56 Å². The normalized spacial score (nSPS) is 12.9.